The van der Waals surface area contributed by atoms with Crippen molar-refractivity contribution in [2.24, 2.45) is 4.99 Å². The molecule has 0 spiro atoms. The fourth-order valence-corrected chi connectivity index (χ4v) is 2.86. The molecule has 1 N–H and O–H groups in total. The number of hydrogen-bond donors (Lipinski definition) is 1. The van der Waals surface area contributed by atoms with Crippen molar-refractivity contribution in [3.8, 4) is 5.75 Å². The standard InChI is InChI=1S/C15H20ClN3O3/c1-2-5-18-6-3-13(4-7-18)17-10-11-8-12(16)9-14(15(11)20)19(21)22/h8-10,13,20H,2-7H2,1H3. The molecular formula is C15H20ClN3O3. The second-order valence-electron chi connectivity index (χ2n) is 5.47. The summed E-state index contributed by atoms with van der Waals surface area (Å²) >= 11 is 5.86. The maximum absolute atomic E-state index is 10.9. The normalized spacial score (nSPS) is 17.2. The third-order valence-corrected chi connectivity index (χ3v) is 4.02. The Balaban J connectivity index is 2.06. The van der Waals surface area contributed by atoms with Crippen molar-refractivity contribution in [1.29, 1.82) is 0 Å². The average Bonchev–Trinajstić information content (AvgIpc) is 2.49. The van der Waals surface area contributed by atoms with Gasteiger partial charge in [0.05, 0.1) is 11.0 Å². The minimum Gasteiger partial charge on any atom is -0.502 e. The molecule has 1 saturated heterocycles. The molecule has 1 heterocycles. The highest BCUT2D eigenvalue weighted by Crippen LogP contribution is 2.32. The minimum atomic E-state index is -0.651. The van der Waals surface area contributed by atoms with E-state index in [9.17, 15) is 15.2 Å². The molecule has 2 rings (SSSR count). The summed E-state index contributed by atoms with van der Waals surface area (Å²) in [6, 6.07) is 2.81. The van der Waals surface area contributed by atoms with Crippen LogP contribution in [0.1, 0.15) is 31.7 Å². The molecule has 1 aliphatic heterocycles. The summed E-state index contributed by atoms with van der Waals surface area (Å²) in [7, 11) is 0. The summed E-state index contributed by atoms with van der Waals surface area (Å²) in [4.78, 5) is 17.1. The lowest BCUT2D eigenvalue weighted by Gasteiger charge is -2.29. The molecule has 0 amide bonds. The van der Waals surface area contributed by atoms with Gasteiger partial charge in [0.15, 0.2) is 0 Å². The van der Waals surface area contributed by atoms with Gasteiger partial charge in [0.2, 0.25) is 5.75 Å². The Morgan fingerprint density at radius 1 is 1.50 bits per heavy atom. The Hall–Kier alpha value is -1.66. The fourth-order valence-electron chi connectivity index (χ4n) is 2.64. The predicted molar refractivity (Wildman–Crippen MR) is 87.1 cm³/mol. The molecule has 6 nitrogen and oxygen atoms in total. The van der Waals surface area contributed by atoms with Crippen LogP contribution in [0.3, 0.4) is 0 Å². The van der Waals surface area contributed by atoms with Crippen LogP contribution in [-0.2, 0) is 0 Å². The molecule has 0 saturated carbocycles. The molecule has 1 aliphatic rings. The maximum atomic E-state index is 10.9. The van der Waals surface area contributed by atoms with E-state index in [1.165, 1.54) is 12.3 Å². The number of phenols is 1. The van der Waals surface area contributed by atoms with E-state index in [0.717, 1.165) is 45.0 Å². The van der Waals surface area contributed by atoms with E-state index in [0.29, 0.717) is 0 Å². The molecule has 0 bridgehead atoms. The molecule has 0 aliphatic carbocycles. The minimum absolute atomic E-state index is 0.186. The van der Waals surface area contributed by atoms with Gasteiger partial charge in [0.1, 0.15) is 0 Å². The van der Waals surface area contributed by atoms with E-state index in [-0.39, 0.29) is 22.4 Å². The number of likely N-dealkylation sites (tertiary alicyclic amines) is 1. The van der Waals surface area contributed by atoms with Crippen LogP contribution in [0, 0.1) is 10.1 Å². The van der Waals surface area contributed by atoms with Gasteiger partial charge in [-0.25, -0.2) is 0 Å². The molecular weight excluding hydrogens is 306 g/mol. The first-order chi connectivity index (χ1) is 10.5. The van der Waals surface area contributed by atoms with E-state index in [1.54, 1.807) is 0 Å². The molecule has 1 fully saturated rings. The molecule has 120 valence electrons. The second kappa shape index (κ2) is 7.56. The van der Waals surface area contributed by atoms with E-state index >= 15 is 0 Å². The molecule has 7 heteroatoms. The van der Waals surface area contributed by atoms with Crippen LogP contribution < -0.4 is 0 Å². The number of phenolic OH excluding ortho intramolecular Hbond substituents is 1. The number of halogens is 1. The first-order valence-electron chi connectivity index (χ1n) is 7.43. The molecule has 22 heavy (non-hydrogen) atoms. The second-order valence-corrected chi connectivity index (χ2v) is 5.91. The zero-order valence-corrected chi connectivity index (χ0v) is 13.3. The molecule has 0 aromatic heterocycles. The van der Waals surface area contributed by atoms with Gasteiger partial charge in [-0.15, -0.1) is 0 Å². The lowest BCUT2D eigenvalue weighted by atomic mass is 10.1. The number of piperidine rings is 1. The van der Waals surface area contributed by atoms with Crippen LogP contribution >= 0.6 is 11.6 Å². The van der Waals surface area contributed by atoms with Crippen molar-refractivity contribution in [2.45, 2.75) is 32.2 Å². The molecule has 0 unspecified atom stereocenters. The SMILES string of the molecule is CCCN1CCC(N=Cc2cc(Cl)cc([N+](=O)[O-])c2O)CC1. The van der Waals surface area contributed by atoms with Gasteiger partial charge in [0, 0.05) is 36.0 Å². The molecule has 1 aromatic rings. The van der Waals surface area contributed by atoms with Crippen molar-refractivity contribution < 1.29 is 10.0 Å². The lowest BCUT2D eigenvalue weighted by molar-refractivity contribution is -0.385. The van der Waals surface area contributed by atoms with Gasteiger partial charge in [-0.05, 0) is 31.9 Å². The zero-order valence-electron chi connectivity index (χ0n) is 12.5. The summed E-state index contributed by atoms with van der Waals surface area (Å²) < 4.78 is 0. The summed E-state index contributed by atoms with van der Waals surface area (Å²) in [5, 5.41) is 21.0. The number of aliphatic imine (C=N–C) groups is 1. The van der Waals surface area contributed by atoms with Crippen LogP contribution in [0.5, 0.6) is 5.75 Å². The summed E-state index contributed by atoms with van der Waals surface area (Å²) in [5.74, 6) is -0.387. The monoisotopic (exact) mass is 325 g/mol. The van der Waals surface area contributed by atoms with Gasteiger partial charge in [-0.1, -0.05) is 18.5 Å². The Labute approximate surface area is 134 Å². The Bertz CT molecular complexity index is 569. The van der Waals surface area contributed by atoms with Crippen molar-refractivity contribution >= 4 is 23.5 Å². The topological polar surface area (TPSA) is 79.0 Å². The highest BCUT2D eigenvalue weighted by molar-refractivity contribution is 6.31. The van der Waals surface area contributed by atoms with Gasteiger partial charge in [-0.3, -0.25) is 15.1 Å². The predicted octanol–water partition coefficient (Wildman–Crippen LogP) is 3.25. The van der Waals surface area contributed by atoms with Gasteiger partial charge in [0.25, 0.3) is 0 Å². The largest absolute Gasteiger partial charge is 0.502 e. The Morgan fingerprint density at radius 3 is 2.77 bits per heavy atom. The third-order valence-electron chi connectivity index (χ3n) is 3.80. The average molecular weight is 326 g/mol. The van der Waals surface area contributed by atoms with Crippen LogP contribution in [-0.4, -0.2) is 46.8 Å². The van der Waals surface area contributed by atoms with Gasteiger partial charge in [-0.2, -0.15) is 0 Å². The van der Waals surface area contributed by atoms with Crippen LogP contribution in [0.15, 0.2) is 17.1 Å². The summed E-state index contributed by atoms with van der Waals surface area (Å²) in [6.45, 7) is 5.30. The first kappa shape index (κ1) is 16.7. The third kappa shape index (κ3) is 4.18. The smallest absolute Gasteiger partial charge is 0.312 e. The Morgan fingerprint density at radius 2 is 2.18 bits per heavy atom. The van der Waals surface area contributed by atoms with Gasteiger partial charge < -0.3 is 10.0 Å². The highest BCUT2D eigenvalue weighted by atomic mass is 35.5. The van der Waals surface area contributed by atoms with E-state index < -0.39 is 10.6 Å². The lowest BCUT2D eigenvalue weighted by Crippen LogP contribution is -2.35. The maximum Gasteiger partial charge on any atom is 0.312 e. The molecule has 0 atom stereocenters. The summed E-state index contributed by atoms with van der Waals surface area (Å²) in [6.07, 6.45) is 4.56. The van der Waals surface area contributed by atoms with Crippen LogP contribution in [0.4, 0.5) is 5.69 Å². The number of nitro groups is 1. The van der Waals surface area contributed by atoms with Crippen molar-refractivity contribution in [2.75, 3.05) is 19.6 Å². The highest BCUT2D eigenvalue weighted by Gasteiger charge is 2.19. The van der Waals surface area contributed by atoms with Crippen molar-refractivity contribution in [3.05, 3.63) is 32.8 Å². The number of nitrogens with zero attached hydrogens (tertiary/aromatic N) is 3. The van der Waals surface area contributed by atoms with Crippen LogP contribution in [0.2, 0.25) is 5.02 Å². The number of benzene rings is 1. The number of aromatic hydroxyl groups is 1. The quantitative estimate of drug-likeness (QED) is 0.512. The van der Waals surface area contributed by atoms with Crippen molar-refractivity contribution in [3.63, 3.8) is 0 Å². The van der Waals surface area contributed by atoms with Crippen LogP contribution in [0.25, 0.3) is 0 Å². The van der Waals surface area contributed by atoms with E-state index in [2.05, 4.69) is 16.8 Å². The van der Waals surface area contributed by atoms with Crippen molar-refractivity contribution in [1.82, 2.24) is 4.90 Å². The number of hydrogen-bond acceptors (Lipinski definition) is 5. The first-order valence-corrected chi connectivity index (χ1v) is 7.81. The zero-order chi connectivity index (χ0) is 16.1. The molecule has 0 radical (unpaired) electrons. The Kier molecular flexibility index (Phi) is 5.74. The summed E-state index contributed by atoms with van der Waals surface area (Å²) in [5.41, 5.74) is -0.109. The van der Waals surface area contributed by atoms with E-state index in [4.69, 9.17) is 11.6 Å². The number of rotatable bonds is 5. The molecule has 1 aromatic carbocycles. The van der Waals surface area contributed by atoms with Gasteiger partial charge >= 0.3 is 5.69 Å². The number of nitro benzene ring substituents is 1. The van der Waals surface area contributed by atoms with E-state index in [1.807, 2.05) is 0 Å². The fraction of sp³-hybridized carbons (Fsp3) is 0.533.